The van der Waals surface area contributed by atoms with Crippen molar-refractivity contribution in [1.29, 1.82) is 0 Å². The highest BCUT2D eigenvalue weighted by atomic mass is 19.1. The summed E-state index contributed by atoms with van der Waals surface area (Å²) in [5.41, 5.74) is 0.637. The van der Waals surface area contributed by atoms with Gasteiger partial charge in [-0.25, -0.2) is 14.4 Å². The van der Waals surface area contributed by atoms with Crippen LogP contribution in [0.4, 0.5) is 10.2 Å². The van der Waals surface area contributed by atoms with Gasteiger partial charge in [0.05, 0.1) is 10.9 Å². The van der Waals surface area contributed by atoms with Crippen LogP contribution in [0.25, 0.3) is 10.9 Å². The largest absolute Gasteiger partial charge is 0.355 e. The van der Waals surface area contributed by atoms with Gasteiger partial charge in [-0.05, 0) is 43.9 Å². The zero-order valence-corrected chi connectivity index (χ0v) is 13.9. The maximum Gasteiger partial charge on any atom is 0.234 e. The van der Waals surface area contributed by atoms with E-state index >= 15 is 0 Å². The van der Waals surface area contributed by atoms with Crippen LogP contribution in [-0.4, -0.2) is 33.2 Å². The van der Waals surface area contributed by atoms with Crippen LogP contribution in [0, 0.1) is 18.7 Å². The third kappa shape index (κ3) is 2.14. The molecule has 3 heterocycles. The third-order valence-corrected chi connectivity index (χ3v) is 5.70. The molecule has 6 nitrogen and oxygen atoms in total. The van der Waals surface area contributed by atoms with E-state index in [2.05, 4.69) is 25.0 Å². The molecule has 25 heavy (non-hydrogen) atoms. The van der Waals surface area contributed by atoms with Gasteiger partial charge in [0, 0.05) is 18.5 Å². The molecule has 1 aliphatic carbocycles. The van der Waals surface area contributed by atoms with Crippen LogP contribution in [0.2, 0.25) is 0 Å². The molecule has 7 heteroatoms. The summed E-state index contributed by atoms with van der Waals surface area (Å²) in [6.45, 7) is 3.48. The number of hydrogen-bond acceptors (Lipinski definition) is 6. The number of benzene rings is 1. The molecule has 0 spiro atoms. The van der Waals surface area contributed by atoms with Gasteiger partial charge < -0.3 is 9.42 Å². The summed E-state index contributed by atoms with van der Waals surface area (Å²) < 4.78 is 19.3. The fourth-order valence-electron chi connectivity index (χ4n) is 4.57. The number of anilines is 1. The Bertz CT molecular complexity index is 958. The predicted molar refractivity (Wildman–Crippen MR) is 89.8 cm³/mol. The molecular weight excluding hydrogens is 321 g/mol. The molecule has 2 aliphatic rings. The first-order valence-corrected chi connectivity index (χ1v) is 8.62. The van der Waals surface area contributed by atoms with Crippen LogP contribution in [-0.2, 0) is 5.41 Å². The second-order valence-corrected chi connectivity index (χ2v) is 7.13. The first-order chi connectivity index (χ1) is 12.2. The van der Waals surface area contributed by atoms with Gasteiger partial charge in [0.25, 0.3) is 0 Å². The first kappa shape index (κ1) is 14.7. The maximum atomic E-state index is 13.8. The highest BCUT2D eigenvalue weighted by molar-refractivity contribution is 5.89. The lowest BCUT2D eigenvalue weighted by Gasteiger charge is -2.24. The van der Waals surface area contributed by atoms with Gasteiger partial charge in [-0.15, -0.1) is 0 Å². The highest BCUT2D eigenvalue weighted by Crippen LogP contribution is 2.51. The second-order valence-electron chi connectivity index (χ2n) is 7.13. The minimum absolute atomic E-state index is 0.119. The topological polar surface area (TPSA) is 67.9 Å². The summed E-state index contributed by atoms with van der Waals surface area (Å²) in [7, 11) is 0. The second kappa shape index (κ2) is 5.21. The molecule has 0 N–H and O–H groups in total. The zero-order valence-electron chi connectivity index (χ0n) is 13.9. The average molecular weight is 339 g/mol. The SMILES string of the molecule is Cc1noc([C@]23CCC[C@H]2CN(c2ncnc4ccc(F)cc24)C3)n1. The molecule has 2 atom stereocenters. The molecule has 0 bridgehead atoms. The minimum atomic E-state index is -0.273. The molecule has 1 saturated carbocycles. The van der Waals surface area contributed by atoms with E-state index in [0.29, 0.717) is 11.7 Å². The molecule has 128 valence electrons. The van der Waals surface area contributed by atoms with Gasteiger partial charge >= 0.3 is 0 Å². The van der Waals surface area contributed by atoms with Crippen LogP contribution in [0.15, 0.2) is 29.0 Å². The smallest absolute Gasteiger partial charge is 0.234 e. The molecule has 0 radical (unpaired) electrons. The maximum absolute atomic E-state index is 13.8. The van der Waals surface area contributed by atoms with E-state index in [4.69, 9.17) is 4.52 Å². The Morgan fingerprint density at radius 1 is 1.32 bits per heavy atom. The Morgan fingerprint density at radius 3 is 3.08 bits per heavy atom. The van der Waals surface area contributed by atoms with Crippen molar-refractivity contribution < 1.29 is 8.91 Å². The van der Waals surface area contributed by atoms with E-state index in [-0.39, 0.29) is 11.2 Å². The molecule has 1 aliphatic heterocycles. The van der Waals surface area contributed by atoms with Crippen LogP contribution in [0.1, 0.15) is 31.0 Å². The summed E-state index contributed by atoms with van der Waals surface area (Å²) in [5, 5.41) is 4.75. The highest BCUT2D eigenvalue weighted by Gasteiger charge is 2.54. The van der Waals surface area contributed by atoms with Gasteiger partial charge in [-0.3, -0.25) is 0 Å². The zero-order chi connectivity index (χ0) is 17.0. The number of nitrogens with zero attached hydrogens (tertiary/aromatic N) is 5. The molecule has 2 aromatic heterocycles. The van der Waals surface area contributed by atoms with Crippen LogP contribution in [0.5, 0.6) is 0 Å². The summed E-state index contributed by atoms with van der Waals surface area (Å²) in [5.74, 6) is 2.37. The molecule has 5 rings (SSSR count). The fourth-order valence-corrected chi connectivity index (χ4v) is 4.57. The van der Waals surface area contributed by atoms with Crippen molar-refractivity contribution in [1.82, 2.24) is 20.1 Å². The van der Waals surface area contributed by atoms with E-state index in [1.165, 1.54) is 18.6 Å². The monoisotopic (exact) mass is 339 g/mol. The van der Waals surface area contributed by atoms with E-state index in [1.54, 1.807) is 12.4 Å². The molecule has 3 aromatic rings. The number of aryl methyl sites for hydroxylation is 1. The molecule has 1 saturated heterocycles. The van der Waals surface area contributed by atoms with E-state index in [0.717, 1.165) is 48.5 Å². The standard InChI is InChI=1S/C18H18FN5O/c1-11-22-17(25-23-11)18-6-2-3-12(18)8-24(9-18)16-14-7-13(19)4-5-15(14)20-10-21-16/h4-5,7,10,12H,2-3,6,8-9H2,1H3/t12-,18-/m0/s1. The lowest BCUT2D eigenvalue weighted by molar-refractivity contribution is 0.265. The molecule has 1 aromatic carbocycles. The molecule has 2 fully saturated rings. The van der Waals surface area contributed by atoms with Crippen molar-refractivity contribution in [3.05, 3.63) is 42.1 Å². The van der Waals surface area contributed by atoms with Gasteiger partial charge in [0.15, 0.2) is 5.82 Å². The minimum Gasteiger partial charge on any atom is -0.355 e. The summed E-state index contributed by atoms with van der Waals surface area (Å²) in [4.78, 5) is 15.5. The number of aromatic nitrogens is 4. The van der Waals surface area contributed by atoms with E-state index in [1.807, 2.05) is 6.92 Å². The lowest BCUT2D eigenvalue weighted by Crippen LogP contribution is -2.32. The Balaban J connectivity index is 1.58. The predicted octanol–water partition coefficient (Wildman–Crippen LogP) is 3.02. The first-order valence-electron chi connectivity index (χ1n) is 8.62. The van der Waals surface area contributed by atoms with Crippen molar-refractivity contribution in [2.75, 3.05) is 18.0 Å². The van der Waals surface area contributed by atoms with Crippen molar-refractivity contribution in [2.24, 2.45) is 5.92 Å². The number of hydrogen-bond donors (Lipinski definition) is 0. The quantitative estimate of drug-likeness (QED) is 0.715. The van der Waals surface area contributed by atoms with Crippen LogP contribution < -0.4 is 4.90 Å². The molecule has 0 unspecified atom stereocenters. The van der Waals surface area contributed by atoms with Gasteiger partial charge in [-0.1, -0.05) is 11.6 Å². The number of rotatable bonds is 2. The van der Waals surface area contributed by atoms with Crippen molar-refractivity contribution >= 4 is 16.7 Å². The van der Waals surface area contributed by atoms with Crippen LogP contribution in [0.3, 0.4) is 0 Å². The van der Waals surface area contributed by atoms with Gasteiger partial charge in [0.1, 0.15) is 18.0 Å². The average Bonchev–Trinajstić information content (AvgIpc) is 3.28. The fraction of sp³-hybridized carbons (Fsp3) is 0.444. The molecule has 0 amide bonds. The van der Waals surface area contributed by atoms with E-state index < -0.39 is 0 Å². The summed E-state index contributed by atoms with van der Waals surface area (Å²) in [6.07, 6.45) is 4.88. The van der Waals surface area contributed by atoms with Crippen molar-refractivity contribution in [3.8, 4) is 0 Å². The van der Waals surface area contributed by atoms with Crippen molar-refractivity contribution in [2.45, 2.75) is 31.6 Å². The van der Waals surface area contributed by atoms with E-state index in [9.17, 15) is 4.39 Å². The normalized spacial score (nSPS) is 25.7. The Morgan fingerprint density at radius 2 is 2.24 bits per heavy atom. The Kier molecular flexibility index (Phi) is 3.07. The van der Waals surface area contributed by atoms with Gasteiger partial charge in [0.2, 0.25) is 5.89 Å². The van der Waals surface area contributed by atoms with Crippen LogP contribution >= 0.6 is 0 Å². The van der Waals surface area contributed by atoms with Crippen molar-refractivity contribution in [3.63, 3.8) is 0 Å². The Labute approximate surface area is 144 Å². The Hall–Kier alpha value is -2.57. The third-order valence-electron chi connectivity index (χ3n) is 5.70. The summed E-state index contributed by atoms with van der Waals surface area (Å²) >= 11 is 0. The summed E-state index contributed by atoms with van der Waals surface area (Å²) in [6, 6.07) is 4.65. The van der Waals surface area contributed by atoms with Gasteiger partial charge in [-0.2, -0.15) is 4.98 Å². The molecular formula is C18H18FN5O. The number of fused-ring (bicyclic) bond motifs is 2. The number of halogens is 1. The lowest BCUT2D eigenvalue weighted by atomic mass is 9.80.